The van der Waals surface area contributed by atoms with Crippen LogP contribution in [0.3, 0.4) is 0 Å². The predicted molar refractivity (Wildman–Crippen MR) is 62.9 cm³/mol. The van der Waals surface area contributed by atoms with Gasteiger partial charge in [-0.05, 0) is 31.5 Å². The topological polar surface area (TPSA) is 56.0 Å². The van der Waals surface area contributed by atoms with E-state index in [1.54, 1.807) is 24.5 Å². The number of aromatic nitrogens is 2. The van der Waals surface area contributed by atoms with Crippen LogP contribution in [0.25, 0.3) is 0 Å². The van der Waals surface area contributed by atoms with E-state index < -0.39 is 0 Å². The minimum atomic E-state index is 0.0230. The Bertz CT molecular complexity index is 518. The summed E-state index contributed by atoms with van der Waals surface area (Å²) in [6, 6.07) is 5.36. The number of carbonyl (C=O) groups is 1. The summed E-state index contributed by atoms with van der Waals surface area (Å²) in [6.07, 6.45) is 2.54. The van der Waals surface area contributed by atoms with Crippen molar-refractivity contribution < 1.29 is 9.21 Å². The van der Waals surface area contributed by atoms with E-state index >= 15 is 0 Å². The van der Waals surface area contributed by atoms with Crippen molar-refractivity contribution in [3.63, 3.8) is 0 Å². The molecule has 0 aliphatic carbocycles. The van der Waals surface area contributed by atoms with Crippen LogP contribution in [0.2, 0.25) is 0 Å². The van der Waals surface area contributed by atoms with Crippen molar-refractivity contribution in [1.29, 1.82) is 0 Å². The average Bonchev–Trinajstić information content (AvgIpc) is 2.81. The van der Waals surface area contributed by atoms with Gasteiger partial charge in [0, 0.05) is 5.56 Å². The molecule has 4 heteroatoms. The normalized spacial score (nSPS) is 10.5. The minimum absolute atomic E-state index is 0.0230. The number of Topliss-reactive ketones (excluding diaryl/α,β-unsaturated/α-hetero) is 1. The van der Waals surface area contributed by atoms with Gasteiger partial charge < -0.3 is 4.42 Å². The van der Waals surface area contributed by atoms with Gasteiger partial charge >= 0.3 is 0 Å². The van der Waals surface area contributed by atoms with Crippen LogP contribution in [0.4, 0.5) is 0 Å². The Balaban J connectivity index is 2.26. The lowest BCUT2D eigenvalue weighted by Gasteiger charge is -2.05. The second-order valence-corrected chi connectivity index (χ2v) is 3.88. The quantitative estimate of drug-likeness (QED) is 0.756. The fraction of sp³-hybridized carbons (Fsp3) is 0.308. The largest absolute Gasteiger partial charge is 0.469 e. The highest BCUT2D eigenvalue weighted by atomic mass is 16.3. The summed E-state index contributed by atoms with van der Waals surface area (Å²) in [6.45, 7) is 3.79. The third-order valence-electron chi connectivity index (χ3n) is 2.54. The highest BCUT2D eigenvalue weighted by Gasteiger charge is 2.14. The zero-order valence-electron chi connectivity index (χ0n) is 9.93. The van der Waals surface area contributed by atoms with Gasteiger partial charge in [-0.1, -0.05) is 6.92 Å². The summed E-state index contributed by atoms with van der Waals surface area (Å²) in [5, 5.41) is 8.01. The Kier molecular flexibility index (Phi) is 3.32. The summed E-state index contributed by atoms with van der Waals surface area (Å²) >= 11 is 0. The summed E-state index contributed by atoms with van der Waals surface area (Å²) in [7, 11) is 0. The van der Waals surface area contributed by atoms with Crippen molar-refractivity contribution in [3.8, 4) is 0 Å². The van der Waals surface area contributed by atoms with Gasteiger partial charge in [0.15, 0.2) is 5.78 Å². The second kappa shape index (κ2) is 4.91. The maximum atomic E-state index is 12.1. The van der Waals surface area contributed by atoms with Gasteiger partial charge in [-0.3, -0.25) is 4.79 Å². The van der Waals surface area contributed by atoms with Crippen LogP contribution in [-0.2, 0) is 12.8 Å². The molecule has 0 aromatic carbocycles. The third kappa shape index (κ3) is 2.58. The molecule has 0 saturated heterocycles. The zero-order valence-corrected chi connectivity index (χ0v) is 9.93. The molecule has 0 fully saturated rings. The highest BCUT2D eigenvalue weighted by Crippen LogP contribution is 2.12. The molecule has 2 aromatic rings. The van der Waals surface area contributed by atoms with Gasteiger partial charge in [-0.15, -0.1) is 0 Å². The summed E-state index contributed by atoms with van der Waals surface area (Å²) in [5.41, 5.74) is 2.15. The molecule has 0 amide bonds. The molecule has 0 aliphatic heterocycles. The lowest BCUT2D eigenvalue weighted by molar-refractivity contribution is 0.0985. The van der Waals surface area contributed by atoms with Crippen molar-refractivity contribution in [2.75, 3.05) is 0 Å². The number of hydrogen-bond acceptors (Lipinski definition) is 4. The van der Waals surface area contributed by atoms with E-state index in [0.29, 0.717) is 17.7 Å². The Morgan fingerprint density at radius 1 is 1.41 bits per heavy atom. The fourth-order valence-electron chi connectivity index (χ4n) is 1.68. The van der Waals surface area contributed by atoms with Crippen LogP contribution < -0.4 is 0 Å². The van der Waals surface area contributed by atoms with E-state index in [4.69, 9.17) is 4.42 Å². The first-order valence-corrected chi connectivity index (χ1v) is 5.59. The number of nitrogens with zero attached hydrogens (tertiary/aromatic N) is 2. The SMILES string of the molecule is CCc1nnc(C)cc1C(=O)Cc1ccco1. The van der Waals surface area contributed by atoms with Gasteiger partial charge in [0.25, 0.3) is 0 Å². The van der Waals surface area contributed by atoms with Crippen LogP contribution in [0.5, 0.6) is 0 Å². The lowest BCUT2D eigenvalue weighted by Crippen LogP contribution is -2.10. The summed E-state index contributed by atoms with van der Waals surface area (Å²) in [4.78, 5) is 12.1. The van der Waals surface area contributed by atoms with Crippen LogP contribution in [0.15, 0.2) is 28.9 Å². The van der Waals surface area contributed by atoms with Crippen LogP contribution in [-0.4, -0.2) is 16.0 Å². The molecule has 0 radical (unpaired) electrons. The molecule has 0 bridgehead atoms. The standard InChI is InChI=1S/C13H14N2O2/c1-3-12-11(7-9(2)14-15-12)13(16)8-10-5-4-6-17-10/h4-7H,3,8H2,1-2H3. The highest BCUT2D eigenvalue weighted by molar-refractivity contribution is 5.98. The Morgan fingerprint density at radius 2 is 2.24 bits per heavy atom. The minimum Gasteiger partial charge on any atom is -0.469 e. The smallest absolute Gasteiger partial charge is 0.172 e. The van der Waals surface area contributed by atoms with Crippen molar-refractivity contribution in [1.82, 2.24) is 10.2 Å². The first-order valence-electron chi connectivity index (χ1n) is 5.59. The first-order chi connectivity index (χ1) is 8.20. The predicted octanol–water partition coefficient (Wildman–Crippen LogP) is 2.37. The van der Waals surface area contributed by atoms with Crippen molar-refractivity contribution in [2.24, 2.45) is 0 Å². The lowest BCUT2D eigenvalue weighted by atomic mass is 10.0. The molecule has 0 unspecified atom stereocenters. The fourth-order valence-corrected chi connectivity index (χ4v) is 1.68. The van der Waals surface area contributed by atoms with Gasteiger partial charge in [-0.25, -0.2) is 0 Å². The molecule has 88 valence electrons. The van der Waals surface area contributed by atoms with Gasteiger partial charge in [0.2, 0.25) is 0 Å². The average molecular weight is 230 g/mol. The number of rotatable bonds is 4. The van der Waals surface area contributed by atoms with Crippen LogP contribution in [0.1, 0.15) is 34.4 Å². The monoisotopic (exact) mass is 230 g/mol. The third-order valence-corrected chi connectivity index (χ3v) is 2.54. The Hall–Kier alpha value is -1.97. The Labute approximate surface area is 99.7 Å². The van der Waals surface area contributed by atoms with E-state index in [-0.39, 0.29) is 12.2 Å². The van der Waals surface area contributed by atoms with Gasteiger partial charge in [0.05, 0.1) is 24.1 Å². The molecule has 4 nitrogen and oxygen atoms in total. The maximum absolute atomic E-state index is 12.1. The second-order valence-electron chi connectivity index (χ2n) is 3.88. The van der Waals surface area contributed by atoms with Gasteiger partial charge in [0.1, 0.15) is 5.76 Å². The summed E-state index contributed by atoms with van der Waals surface area (Å²) < 4.78 is 5.17. The van der Waals surface area contributed by atoms with Crippen molar-refractivity contribution >= 4 is 5.78 Å². The van der Waals surface area contributed by atoms with Crippen molar-refractivity contribution in [3.05, 3.63) is 47.2 Å². The first kappa shape index (κ1) is 11.5. The number of carbonyl (C=O) groups excluding carboxylic acids is 1. The molecule has 0 N–H and O–H groups in total. The molecular formula is C13H14N2O2. The summed E-state index contributed by atoms with van der Waals surface area (Å²) in [5.74, 6) is 0.696. The molecule has 17 heavy (non-hydrogen) atoms. The maximum Gasteiger partial charge on any atom is 0.172 e. The van der Waals surface area contributed by atoms with Crippen molar-refractivity contribution in [2.45, 2.75) is 26.7 Å². The number of ketones is 1. The Morgan fingerprint density at radius 3 is 2.88 bits per heavy atom. The molecule has 0 spiro atoms. The van der Waals surface area contributed by atoms with Crippen LogP contribution in [0, 0.1) is 6.92 Å². The van der Waals surface area contributed by atoms with E-state index in [0.717, 1.165) is 11.4 Å². The molecule has 0 aliphatic rings. The molecule has 2 aromatic heterocycles. The zero-order chi connectivity index (χ0) is 12.3. The molecule has 0 saturated carbocycles. The molecule has 0 atom stereocenters. The number of hydrogen-bond donors (Lipinski definition) is 0. The van der Waals surface area contributed by atoms with E-state index in [2.05, 4.69) is 10.2 Å². The molecule has 2 heterocycles. The van der Waals surface area contributed by atoms with Gasteiger partial charge in [-0.2, -0.15) is 10.2 Å². The van der Waals surface area contributed by atoms with E-state index in [1.165, 1.54) is 0 Å². The number of furan rings is 1. The van der Waals surface area contributed by atoms with E-state index in [1.807, 2.05) is 13.8 Å². The molecular weight excluding hydrogens is 216 g/mol. The van der Waals surface area contributed by atoms with Crippen LogP contribution >= 0.6 is 0 Å². The van der Waals surface area contributed by atoms with E-state index in [9.17, 15) is 4.79 Å². The molecule has 2 rings (SSSR count). The number of aryl methyl sites for hydroxylation is 2.